The van der Waals surface area contributed by atoms with E-state index in [0.717, 1.165) is 0 Å². The zero-order valence-corrected chi connectivity index (χ0v) is 11.1. The highest BCUT2D eigenvalue weighted by Gasteiger charge is 2.12. The molecule has 0 saturated heterocycles. The quantitative estimate of drug-likeness (QED) is 0.694. The van der Waals surface area contributed by atoms with Crippen molar-refractivity contribution in [1.29, 1.82) is 0 Å². The third-order valence-corrected chi connectivity index (χ3v) is 2.66. The molecular formula is C13H13ClFNO4. The van der Waals surface area contributed by atoms with Crippen molar-refractivity contribution in [2.45, 2.75) is 12.5 Å². The summed E-state index contributed by atoms with van der Waals surface area (Å²) >= 11 is 5.58. The number of rotatable bonds is 6. The molecule has 1 aromatic rings. The van der Waals surface area contributed by atoms with Crippen molar-refractivity contribution in [2.75, 3.05) is 6.54 Å². The molecule has 0 aliphatic rings. The van der Waals surface area contributed by atoms with Gasteiger partial charge >= 0.3 is 5.97 Å². The summed E-state index contributed by atoms with van der Waals surface area (Å²) in [5, 5.41) is 19.8. The van der Waals surface area contributed by atoms with Gasteiger partial charge in [-0.1, -0.05) is 17.7 Å². The van der Waals surface area contributed by atoms with Crippen LogP contribution in [0.15, 0.2) is 24.3 Å². The third kappa shape index (κ3) is 5.38. The Labute approximate surface area is 119 Å². The largest absolute Gasteiger partial charge is 0.479 e. The predicted octanol–water partition coefficient (Wildman–Crippen LogP) is 1.44. The number of aliphatic hydroxyl groups is 1. The van der Waals surface area contributed by atoms with Crippen LogP contribution in [-0.2, 0) is 9.59 Å². The fraction of sp³-hybridized carbons (Fsp3) is 0.231. The summed E-state index contributed by atoms with van der Waals surface area (Å²) in [5.41, 5.74) is 0.553. The SMILES string of the molecule is O=C(/C=C/c1ccc(F)c(Cl)c1)NCC[C@H](O)C(=O)O. The predicted molar refractivity (Wildman–Crippen MR) is 71.7 cm³/mol. The van der Waals surface area contributed by atoms with Crippen molar-refractivity contribution in [3.05, 3.63) is 40.7 Å². The van der Waals surface area contributed by atoms with Gasteiger partial charge in [-0.25, -0.2) is 9.18 Å². The lowest BCUT2D eigenvalue weighted by molar-refractivity contribution is -0.147. The van der Waals surface area contributed by atoms with E-state index in [1.54, 1.807) is 0 Å². The molecule has 0 bridgehead atoms. The molecule has 1 atom stereocenters. The Morgan fingerprint density at radius 3 is 2.75 bits per heavy atom. The van der Waals surface area contributed by atoms with Gasteiger partial charge in [0.05, 0.1) is 5.02 Å². The topological polar surface area (TPSA) is 86.6 Å². The standard InChI is InChI=1S/C13H13ClFNO4/c14-9-7-8(1-3-10(9)15)2-4-12(18)16-6-5-11(17)13(19)20/h1-4,7,11,17H,5-6H2,(H,16,18)(H,19,20)/b4-2+/t11-/m0/s1. The number of nitrogens with one attached hydrogen (secondary N) is 1. The molecular weight excluding hydrogens is 289 g/mol. The number of carboxylic acids is 1. The fourth-order valence-corrected chi connectivity index (χ4v) is 1.49. The van der Waals surface area contributed by atoms with Gasteiger partial charge in [0.2, 0.25) is 5.91 Å². The summed E-state index contributed by atoms with van der Waals surface area (Å²) in [7, 11) is 0. The van der Waals surface area contributed by atoms with Crippen molar-refractivity contribution < 1.29 is 24.2 Å². The van der Waals surface area contributed by atoms with Crippen LogP contribution in [0.5, 0.6) is 0 Å². The van der Waals surface area contributed by atoms with E-state index in [1.165, 1.54) is 30.4 Å². The molecule has 0 unspecified atom stereocenters. The van der Waals surface area contributed by atoms with Crippen LogP contribution in [0.2, 0.25) is 5.02 Å². The minimum Gasteiger partial charge on any atom is -0.479 e. The lowest BCUT2D eigenvalue weighted by Crippen LogP contribution is -2.28. The lowest BCUT2D eigenvalue weighted by atomic mass is 10.2. The second-order valence-corrected chi connectivity index (χ2v) is 4.35. The minimum atomic E-state index is -1.50. The van der Waals surface area contributed by atoms with E-state index < -0.39 is 23.8 Å². The van der Waals surface area contributed by atoms with Crippen LogP contribution < -0.4 is 5.32 Å². The van der Waals surface area contributed by atoms with E-state index in [0.29, 0.717) is 5.56 Å². The number of halogens is 2. The molecule has 7 heteroatoms. The van der Waals surface area contributed by atoms with Crippen LogP contribution in [-0.4, -0.2) is 34.7 Å². The van der Waals surface area contributed by atoms with Crippen LogP contribution in [0.4, 0.5) is 4.39 Å². The first-order valence-corrected chi connectivity index (χ1v) is 6.10. The van der Waals surface area contributed by atoms with E-state index in [-0.39, 0.29) is 18.0 Å². The summed E-state index contributed by atoms with van der Waals surface area (Å²) < 4.78 is 12.9. The van der Waals surface area contributed by atoms with Gasteiger partial charge in [0.15, 0.2) is 6.10 Å². The highest BCUT2D eigenvalue weighted by Crippen LogP contribution is 2.16. The van der Waals surface area contributed by atoms with Gasteiger partial charge in [0.1, 0.15) is 5.82 Å². The molecule has 0 saturated carbocycles. The molecule has 0 aromatic heterocycles. The first kappa shape index (κ1) is 16.1. The van der Waals surface area contributed by atoms with Gasteiger partial charge in [0.25, 0.3) is 0 Å². The van der Waals surface area contributed by atoms with Crippen LogP contribution in [0.25, 0.3) is 6.08 Å². The van der Waals surface area contributed by atoms with Gasteiger partial charge < -0.3 is 15.5 Å². The molecule has 0 heterocycles. The van der Waals surface area contributed by atoms with Crippen molar-refractivity contribution in [2.24, 2.45) is 0 Å². The van der Waals surface area contributed by atoms with Crippen molar-refractivity contribution >= 4 is 29.6 Å². The van der Waals surface area contributed by atoms with Gasteiger partial charge in [0, 0.05) is 19.0 Å². The van der Waals surface area contributed by atoms with Gasteiger partial charge in [-0.15, -0.1) is 0 Å². The van der Waals surface area contributed by atoms with E-state index >= 15 is 0 Å². The number of carbonyl (C=O) groups is 2. The summed E-state index contributed by atoms with van der Waals surface area (Å²) in [6, 6.07) is 4.01. The molecule has 3 N–H and O–H groups in total. The fourth-order valence-electron chi connectivity index (χ4n) is 1.30. The number of benzene rings is 1. The molecule has 1 aromatic carbocycles. The Hall–Kier alpha value is -1.92. The number of carboxylic acid groups (broad SMARTS) is 1. The summed E-state index contributed by atoms with van der Waals surface area (Å²) in [5.74, 6) is -2.34. The Bertz CT molecular complexity index is 533. The Balaban J connectivity index is 2.43. The minimum absolute atomic E-state index is 0.0286. The van der Waals surface area contributed by atoms with E-state index in [9.17, 15) is 14.0 Å². The molecule has 20 heavy (non-hydrogen) atoms. The summed E-state index contributed by atoms with van der Waals surface area (Å²) in [4.78, 5) is 21.7. The second kappa shape index (κ2) is 7.62. The van der Waals surface area contributed by atoms with Crippen LogP contribution in [0.1, 0.15) is 12.0 Å². The number of amides is 1. The van der Waals surface area contributed by atoms with E-state index in [4.69, 9.17) is 21.8 Å². The van der Waals surface area contributed by atoms with Crippen LogP contribution in [0.3, 0.4) is 0 Å². The molecule has 1 amide bonds. The normalized spacial score (nSPS) is 12.3. The zero-order chi connectivity index (χ0) is 15.1. The van der Waals surface area contributed by atoms with Crippen molar-refractivity contribution in [1.82, 2.24) is 5.32 Å². The lowest BCUT2D eigenvalue weighted by Gasteiger charge is -2.05. The Kier molecular flexibility index (Phi) is 6.14. The zero-order valence-electron chi connectivity index (χ0n) is 10.3. The molecule has 0 spiro atoms. The monoisotopic (exact) mass is 301 g/mol. The maximum absolute atomic E-state index is 12.9. The van der Waals surface area contributed by atoms with E-state index in [1.807, 2.05) is 0 Å². The third-order valence-electron chi connectivity index (χ3n) is 2.37. The second-order valence-electron chi connectivity index (χ2n) is 3.94. The Morgan fingerprint density at radius 1 is 1.45 bits per heavy atom. The highest BCUT2D eigenvalue weighted by atomic mass is 35.5. The summed E-state index contributed by atoms with van der Waals surface area (Å²) in [6.07, 6.45) is 1.05. The van der Waals surface area contributed by atoms with Crippen molar-refractivity contribution in [3.8, 4) is 0 Å². The number of aliphatic hydroxyl groups excluding tert-OH is 1. The number of aliphatic carboxylic acids is 1. The van der Waals surface area contributed by atoms with Gasteiger partial charge in [-0.05, 0) is 23.8 Å². The number of carbonyl (C=O) groups excluding carboxylic acids is 1. The average molecular weight is 302 g/mol. The first-order valence-electron chi connectivity index (χ1n) is 5.72. The maximum atomic E-state index is 12.9. The number of hydrogen-bond acceptors (Lipinski definition) is 3. The Morgan fingerprint density at radius 2 is 2.15 bits per heavy atom. The molecule has 0 aliphatic carbocycles. The number of hydrogen-bond donors (Lipinski definition) is 3. The molecule has 1 rings (SSSR count). The van der Waals surface area contributed by atoms with Crippen LogP contribution >= 0.6 is 11.6 Å². The molecule has 0 fully saturated rings. The highest BCUT2D eigenvalue weighted by molar-refractivity contribution is 6.30. The molecule has 108 valence electrons. The van der Waals surface area contributed by atoms with Gasteiger partial charge in [-0.3, -0.25) is 4.79 Å². The van der Waals surface area contributed by atoms with E-state index in [2.05, 4.69) is 5.32 Å². The molecule has 0 aliphatic heterocycles. The summed E-state index contributed by atoms with van der Waals surface area (Å²) in [6.45, 7) is 0.0286. The first-order chi connectivity index (χ1) is 9.40. The van der Waals surface area contributed by atoms with Crippen molar-refractivity contribution in [3.63, 3.8) is 0 Å². The van der Waals surface area contributed by atoms with Crippen LogP contribution in [0, 0.1) is 5.82 Å². The smallest absolute Gasteiger partial charge is 0.332 e. The average Bonchev–Trinajstić information content (AvgIpc) is 2.40. The maximum Gasteiger partial charge on any atom is 0.332 e. The molecule has 5 nitrogen and oxygen atoms in total. The van der Waals surface area contributed by atoms with Gasteiger partial charge in [-0.2, -0.15) is 0 Å². The molecule has 0 radical (unpaired) electrons.